The van der Waals surface area contributed by atoms with Gasteiger partial charge in [0.2, 0.25) is 35.4 Å². The Balaban J connectivity index is 1.91. The number of fused-ring (bicyclic) bond motifs is 1. The van der Waals surface area contributed by atoms with Gasteiger partial charge in [-0.15, -0.1) is 11.6 Å². The highest BCUT2D eigenvalue weighted by Crippen LogP contribution is 2.38. The molecule has 2 aromatic carbocycles. The Kier molecular flexibility index (Phi) is 13.9. The number of alkyl halides is 1. The van der Waals surface area contributed by atoms with Gasteiger partial charge in [0.15, 0.2) is 0 Å². The van der Waals surface area contributed by atoms with E-state index in [4.69, 9.17) is 23.1 Å². The van der Waals surface area contributed by atoms with Crippen molar-refractivity contribution in [2.24, 2.45) is 11.5 Å². The number of carbonyl (C=O) groups is 6. The molecule has 0 spiro atoms. The van der Waals surface area contributed by atoms with Gasteiger partial charge in [0.05, 0.1) is 6.10 Å². The van der Waals surface area contributed by atoms with Crippen molar-refractivity contribution in [2.45, 2.75) is 75.7 Å². The molecule has 1 heterocycles. The number of amides is 6. The quantitative estimate of drug-likeness (QED) is 0.0884. The molecule has 9 N–H and O–H groups in total. The van der Waals surface area contributed by atoms with Gasteiger partial charge in [0, 0.05) is 19.4 Å². The number of hydrogen-bond acceptors (Lipinski definition) is 8. The molecular formula is C30H40ClN6O10P. The van der Waals surface area contributed by atoms with Gasteiger partial charge in [0.1, 0.15) is 30.0 Å². The predicted molar refractivity (Wildman–Crippen MR) is 174 cm³/mol. The molecule has 1 fully saturated rings. The van der Waals surface area contributed by atoms with Gasteiger partial charge in [-0.05, 0) is 48.9 Å². The van der Waals surface area contributed by atoms with Gasteiger partial charge in [-0.3, -0.25) is 33.3 Å². The molecule has 0 bridgehead atoms. The third kappa shape index (κ3) is 11.3. The van der Waals surface area contributed by atoms with Crippen molar-refractivity contribution in [1.82, 2.24) is 20.9 Å². The van der Waals surface area contributed by atoms with Crippen LogP contribution in [0.25, 0.3) is 10.8 Å². The van der Waals surface area contributed by atoms with Crippen LogP contribution in [0.3, 0.4) is 0 Å². The number of rotatable bonds is 16. The molecule has 6 amide bonds. The number of piperidine rings is 1. The van der Waals surface area contributed by atoms with Crippen molar-refractivity contribution in [3.63, 3.8) is 0 Å². The predicted octanol–water partition coefficient (Wildman–Crippen LogP) is -0.295. The summed E-state index contributed by atoms with van der Waals surface area (Å²) < 4.78 is 16.2. The number of nitrogens with two attached hydrogens (primary N) is 2. The van der Waals surface area contributed by atoms with E-state index < -0.39 is 79.4 Å². The SMILES string of the molecule is C[C@H](OP(=O)(O)O)[C@H](NC(=O)CCl)C(=O)N1CCCC[C@H]1C(=O)N[C@@H](Cc1ccc2ccccc2c1)C(=O)N[C@@H](CCC(N)=O)C(N)=O. The van der Waals surface area contributed by atoms with Crippen molar-refractivity contribution < 1.29 is 47.6 Å². The number of primary amides is 2. The Hall–Kier alpha value is -4.08. The van der Waals surface area contributed by atoms with Crippen LogP contribution in [0.1, 0.15) is 44.6 Å². The molecule has 0 unspecified atom stereocenters. The molecule has 18 heteroatoms. The highest BCUT2D eigenvalue weighted by molar-refractivity contribution is 7.46. The minimum atomic E-state index is -5.09. The summed E-state index contributed by atoms with van der Waals surface area (Å²) in [7, 11) is -5.09. The monoisotopic (exact) mass is 710 g/mol. The topological polar surface area (TPSA) is 261 Å². The molecule has 2 aromatic rings. The average molecular weight is 711 g/mol. The fraction of sp³-hybridized carbons (Fsp3) is 0.467. The summed E-state index contributed by atoms with van der Waals surface area (Å²) in [6, 6.07) is 7.64. The van der Waals surface area contributed by atoms with Gasteiger partial charge in [-0.2, -0.15) is 0 Å². The molecule has 1 saturated heterocycles. The van der Waals surface area contributed by atoms with E-state index in [0.29, 0.717) is 18.4 Å². The number of phosphoric ester groups is 1. The summed E-state index contributed by atoms with van der Waals surface area (Å²) in [5.74, 6) is -5.38. The maximum absolute atomic E-state index is 13.9. The third-order valence-corrected chi connectivity index (χ3v) is 8.64. The zero-order valence-electron chi connectivity index (χ0n) is 26.2. The summed E-state index contributed by atoms with van der Waals surface area (Å²) in [6.07, 6.45) is -0.801. The lowest BCUT2D eigenvalue weighted by molar-refractivity contribution is -0.147. The smallest absolute Gasteiger partial charge is 0.370 e. The second-order valence-electron chi connectivity index (χ2n) is 11.4. The lowest BCUT2D eigenvalue weighted by atomic mass is 9.97. The van der Waals surface area contributed by atoms with Crippen LogP contribution in [-0.2, 0) is 44.3 Å². The minimum Gasteiger partial charge on any atom is -0.370 e. The fourth-order valence-corrected chi connectivity index (χ4v) is 6.07. The van der Waals surface area contributed by atoms with E-state index in [9.17, 15) is 43.1 Å². The molecule has 16 nitrogen and oxygen atoms in total. The summed E-state index contributed by atoms with van der Waals surface area (Å²) >= 11 is 5.59. The Morgan fingerprint density at radius 3 is 2.31 bits per heavy atom. The van der Waals surface area contributed by atoms with Gasteiger partial charge < -0.3 is 42.1 Å². The summed E-state index contributed by atoms with van der Waals surface area (Å²) in [5, 5.41) is 9.28. The maximum atomic E-state index is 13.9. The first kappa shape index (κ1) is 38.4. The van der Waals surface area contributed by atoms with Gasteiger partial charge in [0.25, 0.3) is 0 Å². The molecule has 0 aliphatic carbocycles. The molecule has 5 atom stereocenters. The fourth-order valence-electron chi connectivity index (χ4n) is 5.44. The summed E-state index contributed by atoms with van der Waals surface area (Å²) in [4.78, 5) is 96.6. The van der Waals surface area contributed by atoms with E-state index in [-0.39, 0.29) is 32.2 Å². The first-order valence-electron chi connectivity index (χ1n) is 15.2. The van der Waals surface area contributed by atoms with Crippen molar-refractivity contribution in [1.29, 1.82) is 0 Å². The normalized spacial score (nSPS) is 17.4. The molecule has 0 aromatic heterocycles. The highest BCUT2D eigenvalue weighted by atomic mass is 35.5. The molecule has 0 radical (unpaired) electrons. The van der Waals surface area contributed by atoms with Crippen LogP contribution in [0, 0.1) is 0 Å². The number of nitrogens with zero attached hydrogens (tertiary/aromatic N) is 1. The van der Waals surface area contributed by atoms with E-state index in [1.165, 1.54) is 6.92 Å². The van der Waals surface area contributed by atoms with Crippen LogP contribution in [0.15, 0.2) is 42.5 Å². The van der Waals surface area contributed by atoms with Crippen molar-refractivity contribution in [2.75, 3.05) is 12.4 Å². The highest BCUT2D eigenvalue weighted by Gasteiger charge is 2.41. The largest absolute Gasteiger partial charge is 0.469 e. The van der Waals surface area contributed by atoms with E-state index >= 15 is 0 Å². The van der Waals surface area contributed by atoms with E-state index in [2.05, 4.69) is 20.5 Å². The number of benzene rings is 2. The number of halogens is 1. The lowest BCUT2D eigenvalue weighted by Gasteiger charge is -2.38. The van der Waals surface area contributed by atoms with Crippen molar-refractivity contribution in [3.8, 4) is 0 Å². The van der Waals surface area contributed by atoms with Crippen LogP contribution in [0.4, 0.5) is 0 Å². The van der Waals surface area contributed by atoms with Gasteiger partial charge >= 0.3 is 7.82 Å². The number of carbonyl (C=O) groups excluding carboxylic acids is 6. The molecular weight excluding hydrogens is 671 g/mol. The number of likely N-dealkylation sites (tertiary alicyclic amines) is 1. The Bertz CT molecular complexity index is 1570. The second-order valence-corrected chi connectivity index (χ2v) is 12.9. The molecule has 0 saturated carbocycles. The zero-order chi connectivity index (χ0) is 35.6. The van der Waals surface area contributed by atoms with E-state index in [1.807, 2.05) is 36.4 Å². The first-order chi connectivity index (χ1) is 22.6. The van der Waals surface area contributed by atoms with Crippen molar-refractivity contribution in [3.05, 3.63) is 48.0 Å². The minimum absolute atomic E-state index is 0.0358. The Morgan fingerprint density at radius 2 is 1.69 bits per heavy atom. The number of nitrogens with one attached hydrogen (secondary N) is 3. The Labute approximate surface area is 281 Å². The summed E-state index contributed by atoms with van der Waals surface area (Å²) in [6.45, 7) is 1.22. The van der Waals surface area contributed by atoms with Crippen LogP contribution >= 0.6 is 19.4 Å². The Morgan fingerprint density at radius 1 is 1.00 bits per heavy atom. The van der Waals surface area contributed by atoms with Gasteiger partial charge in [-0.1, -0.05) is 42.5 Å². The molecule has 1 aliphatic heterocycles. The molecule has 262 valence electrons. The van der Waals surface area contributed by atoms with E-state index in [0.717, 1.165) is 15.7 Å². The molecule has 3 rings (SSSR count). The zero-order valence-corrected chi connectivity index (χ0v) is 27.8. The standard InChI is InChI=1S/C30H40ClN6O10P/c1-17(47-48(44,45)46)26(36-25(39)16-31)30(43)37-13-5-4-8-23(37)29(42)35-22(28(41)34-21(27(33)40)11-12-24(32)38)15-18-9-10-19-6-2-3-7-20(19)14-18/h2-3,6-7,9-10,14,17,21-23,26H,4-5,8,11-13,15-16H2,1H3,(H2,32,38)(H2,33,40)(H,34,41)(H,35,42)(H,36,39)(H2,44,45,46)/t17-,21-,22-,23-,26-/m0/s1. The van der Waals surface area contributed by atoms with Crippen LogP contribution in [0.2, 0.25) is 0 Å². The van der Waals surface area contributed by atoms with E-state index in [1.54, 1.807) is 6.07 Å². The average Bonchev–Trinajstić information content (AvgIpc) is 3.03. The second kappa shape index (κ2) is 17.4. The number of phosphoric acid groups is 1. The van der Waals surface area contributed by atoms with Crippen LogP contribution < -0.4 is 27.4 Å². The summed E-state index contributed by atoms with van der Waals surface area (Å²) in [5.41, 5.74) is 11.3. The third-order valence-electron chi connectivity index (χ3n) is 7.79. The molecule has 1 aliphatic rings. The lowest BCUT2D eigenvalue weighted by Crippen LogP contribution is -2.62. The molecule has 48 heavy (non-hydrogen) atoms. The van der Waals surface area contributed by atoms with Crippen LogP contribution in [0.5, 0.6) is 0 Å². The first-order valence-corrected chi connectivity index (χ1v) is 17.2. The maximum Gasteiger partial charge on any atom is 0.469 e. The number of hydrogen-bond donors (Lipinski definition) is 7. The van der Waals surface area contributed by atoms with Crippen molar-refractivity contribution >= 4 is 65.6 Å². The van der Waals surface area contributed by atoms with Crippen LogP contribution in [-0.4, -0.2) is 92.8 Å². The van der Waals surface area contributed by atoms with Gasteiger partial charge in [-0.25, -0.2) is 4.57 Å².